The maximum atomic E-state index is 12.2. The first kappa shape index (κ1) is 12.1. The third-order valence-corrected chi connectivity index (χ3v) is 2.10. The summed E-state index contributed by atoms with van der Waals surface area (Å²) in [6, 6.07) is 2.21. The van der Waals surface area contributed by atoms with Gasteiger partial charge in [-0.05, 0) is 12.1 Å². The molecule has 0 heterocycles. The zero-order chi connectivity index (χ0) is 11.6. The van der Waals surface area contributed by atoms with Crippen LogP contribution in [0.25, 0.3) is 0 Å². The third kappa shape index (κ3) is 3.26. The molecule has 1 aromatic rings. The molecule has 0 bridgehead atoms. The first-order valence-corrected chi connectivity index (χ1v) is 5.45. The van der Waals surface area contributed by atoms with E-state index in [1.165, 1.54) is 0 Å². The van der Waals surface area contributed by atoms with Crippen molar-refractivity contribution in [3.63, 3.8) is 0 Å². The van der Waals surface area contributed by atoms with E-state index in [-0.39, 0.29) is 5.69 Å². The normalized spacial score (nSPS) is 11.9. The quantitative estimate of drug-likeness (QED) is 0.761. The summed E-state index contributed by atoms with van der Waals surface area (Å²) in [5.74, 6) is -0.509. The maximum Gasteiger partial charge on any atom is 0.501 e. The molecular weight excluding hydrogens is 283 g/mol. The lowest BCUT2D eigenvalue weighted by molar-refractivity contribution is -1.62. The minimum absolute atomic E-state index is 0.169. The number of hydrogen-bond donors (Lipinski definition) is 1. The Morgan fingerprint density at radius 3 is 2.33 bits per heavy atom. The second-order valence-electron chi connectivity index (χ2n) is 2.52. The molecule has 0 spiro atoms. The molecule has 0 fully saturated rings. The smallest absolute Gasteiger partial charge is 0.395 e. The van der Waals surface area contributed by atoms with Crippen molar-refractivity contribution in [1.29, 1.82) is 0 Å². The average molecular weight is 288 g/mol. The van der Waals surface area contributed by atoms with Crippen LogP contribution in [0.15, 0.2) is 18.2 Å². The highest BCUT2D eigenvalue weighted by Gasteiger charge is 2.32. The molecular formula is C7H5BrF3NO3. The van der Waals surface area contributed by atoms with Crippen LogP contribution >= 0.6 is 0 Å². The number of nitrogen functional groups attached to an aromatic ring is 1. The summed E-state index contributed by atoms with van der Waals surface area (Å²) < 4.78 is 61.1. The second-order valence-corrected chi connectivity index (χ2v) is 3.63. The first-order valence-electron chi connectivity index (χ1n) is 3.51. The Morgan fingerprint density at radius 2 is 1.87 bits per heavy atom. The monoisotopic (exact) mass is 287 g/mol. The molecule has 8 heteroatoms. The van der Waals surface area contributed by atoms with Crippen molar-refractivity contribution in [3.8, 4) is 5.75 Å². The summed E-state index contributed by atoms with van der Waals surface area (Å²) in [5.41, 5.74) is 4.04. The minimum Gasteiger partial charge on any atom is -0.395 e. The van der Waals surface area contributed by atoms with Gasteiger partial charge >= 0.3 is 21.0 Å². The van der Waals surface area contributed by atoms with Crippen molar-refractivity contribution in [2.45, 2.75) is 6.18 Å². The molecule has 0 aliphatic heterocycles. The highest BCUT2D eigenvalue weighted by Crippen LogP contribution is 2.34. The molecule has 0 saturated heterocycles. The fourth-order valence-corrected chi connectivity index (χ4v) is 1.41. The van der Waals surface area contributed by atoms with Crippen molar-refractivity contribution in [2.24, 2.45) is 0 Å². The highest BCUT2D eigenvalue weighted by molar-refractivity contribution is 5.54. The van der Waals surface area contributed by atoms with E-state index in [0.717, 1.165) is 12.1 Å². The van der Waals surface area contributed by atoms with Crippen LogP contribution < -0.4 is 18.0 Å². The van der Waals surface area contributed by atoms with Gasteiger partial charge < -0.3 is 14.1 Å². The third-order valence-electron chi connectivity index (χ3n) is 1.49. The molecule has 0 saturated carbocycles. The lowest BCUT2D eigenvalue weighted by Crippen LogP contribution is -2.37. The summed E-state index contributed by atoms with van der Waals surface area (Å²) in [7, 11) is 0. The van der Waals surface area contributed by atoms with E-state index in [9.17, 15) is 21.6 Å². The molecule has 1 aromatic carbocycles. The molecule has 0 aliphatic carbocycles. The van der Waals surface area contributed by atoms with Gasteiger partial charge in [-0.15, -0.1) is 3.83 Å². The average Bonchev–Trinajstić information content (AvgIpc) is 2.06. The standard InChI is InChI=1S/C7H5BrF3NO3/c9-7(10,11)4-1-2-5(12)6(3-4)15-8(13)14/h1-3H,12H2. The molecule has 2 N–H and O–H groups in total. The highest BCUT2D eigenvalue weighted by atomic mass is 80.0. The van der Waals surface area contributed by atoms with E-state index in [2.05, 4.69) is 3.83 Å². The van der Waals surface area contributed by atoms with Crippen LogP contribution in [-0.2, 0) is 6.18 Å². The van der Waals surface area contributed by atoms with Crippen molar-refractivity contribution in [2.75, 3.05) is 5.73 Å². The van der Waals surface area contributed by atoms with Crippen LogP contribution in [0.1, 0.15) is 5.56 Å². The summed E-state index contributed by atoms with van der Waals surface area (Å²) in [5, 5.41) is 0. The minimum atomic E-state index is -4.56. The van der Waals surface area contributed by atoms with Gasteiger partial charge in [-0.2, -0.15) is 13.2 Å². The Hall–Kier alpha value is -0.990. The summed E-state index contributed by atoms with van der Waals surface area (Å²) in [6.07, 6.45) is -4.56. The number of hydrogen-bond acceptors (Lipinski definition) is 4. The van der Waals surface area contributed by atoms with E-state index in [4.69, 9.17) is 5.73 Å². The van der Waals surface area contributed by atoms with E-state index in [0.29, 0.717) is 6.07 Å². The molecule has 0 amide bonds. The molecule has 0 radical (unpaired) electrons. The number of rotatable bonds is 2. The summed E-state index contributed by atoms with van der Waals surface area (Å²) in [4.78, 5) is 0. The number of halogens is 4. The van der Waals surface area contributed by atoms with Gasteiger partial charge in [-0.3, -0.25) is 0 Å². The fraction of sp³-hybridized carbons (Fsp3) is 0.143. The predicted octanol–water partition coefficient (Wildman–Crippen LogP) is -0.247. The van der Waals surface area contributed by atoms with Crippen LogP contribution in [0, 0.1) is 14.8 Å². The Kier molecular flexibility index (Phi) is 3.42. The van der Waals surface area contributed by atoms with Crippen molar-refractivity contribution in [1.82, 2.24) is 0 Å². The molecule has 0 unspecified atom stereocenters. The van der Waals surface area contributed by atoms with Gasteiger partial charge in [0.15, 0.2) is 0 Å². The predicted molar refractivity (Wildman–Crippen MR) is 36.5 cm³/mol. The largest absolute Gasteiger partial charge is 0.501 e. The lowest BCUT2D eigenvalue weighted by atomic mass is 10.2. The Labute approximate surface area is 87.9 Å². The number of benzene rings is 1. The molecule has 1 rings (SSSR count). The number of anilines is 1. The molecule has 84 valence electrons. The van der Waals surface area contributed by atoms with Gasteiger partial charge in [0.25, 0.3) is 5.75 Å². The zero-order valence-corrected chi connectivity index (χ0v) is 8.63. The molecule has 0 aliphatic rings. The Balaban J connectivity index is 3.06. The second kappa shape index (κ2) is 4.25. The maximum absolute atomic E-state index is 12.2. The molecule has 0 atom stereocenters. The number of alkyl halides is 3. The summed E-state index contributed by atoms with van der Waals surface area (Å²) in [6.45, 7) is 0. The van der Waals surface area contributed by atoms with Crippen molar-refractivity contribution >= 4 is 5.69 Å². The van der Waals surface area contributed by atoms with Gasteiger partial charge in [0.2, 0.25) is 0 Å². The van der Waals surface area contributed by atoms with Crippen LogP contribution in [-0.4, -0.2) is 0 Å². The summed E-state index contributed by atoms with van der Waals surface area (Å²) >= 11 is -3.64. The first-order chi connectivity index (χ1) is 6.80. The van der Waals surface area contributed by atoms with E-state index < -0.39 is 32.3 Å². The van der Waals surface area contributed by atoms with Gasteiger partial charge in [0.05, 0.1) is 11.3 Å². The van der Waals surface area contributed by atoms with Crippen LogP contribution in [0.2, 0.25) is 0 Å². The Bertz CT molecular complexity index is 356. The Morgan fingerprint density at radius 1 is 1.27 bits per heavy atom. The SMILES string of the molecule is Nc1ccc(C(F)(F)F)cc1O[Br+2]([O-])[O-]. The van der Waals surface area contributed by atoms with E-state index >= 15 is 0 Å². The zero-order valence-electron chi connectivity index (χ0n) is 7.05. The van der Waals surface area contributed by atoms with Gasteiger partial charge in [-0.25, -0.2) is 0 Å². The lowest BCUT2D eigenvalue weighted by Gasteiger charge is -2.07. The van der Waals surface area contributed by atoms with E-state index in [1.807, 2.05) is 0 Å². The molecule has 4 nitrogen and oxygen atoms in total. The van der Waals surface area contributed by atoms with Crippen LogP contribution in [0.5, 0.6) is 5.75 Å². The van der Waals surface area contributed by atoms with Crippen molar-refractivity contribution < 1.29 is 40.2 Å². The topological polar surface area (TPSA) is 81.4 Å². The molecule has 15 heavy (non-hydrogen) atoms. The van der Waals surface area contributed by atoms with Crippen molar-refractivity contribution in [3.05, 3.63) is 23.8 Å². The van der Waals surface area contributed by atoms with Crippen LogP contribution in [0.4, 0.5) is 18.9 Å². The van der Waals surface area contributed by atoms with Gasteiger partial charge in [0, 0.05) is 6.07 Å². The van der Waals surface area contributed by atoms with Crippen LogP contribution in [0.3, 0.4) is 0 Å². The molecule has 0 aromatic heterocycles. The van der Waals surface area contributed by atoms with Gasteiger partial charge in [0.1, 0.15) is 0 Å². The fourth-order valence-electron chi connectivity index (χ4n) is 0.845. The van der Waals surface area contributed by atoms with E-state index in [1.54, 1.807) is 0 Å². The van der Waals surface area contributed by atoms with Gasteiger partial charge in [-0.1, -0.05) is 0 Å². The number of nitrogens with two attached hydrogens (primary N) is 1.